The molecule has 1 N–H and O–H groups in total. The van der Waals surface area contributed by atoms with Crippen molar-refractivity contribution in [1.29, 1.82) is 0 Å². The molecule has 0 bridgehead atoms. The molecule has 1 amide bonds. The number of carbonyl (C=O) groups excluding carboxylic acids is 1. The summed E-state index contributed by atoms with van der Waals surface area (Å²) in [5, 5.41) is 13.7. The van der Waals surface area contributed by atoms with Gasteiger partial charge in [-0.1, -0.05) is 19.3 Å². The first-order chi connectivity index (χ1) is 10.2. The largest absolute Gasteiger partial charge is 0.349 e. The summed E-state index contributed by atoms with van der Waals surface area (Å²) in [5.74, 6) is -0.922. The first-order valence-electron chi connectivity index (χ1n) is 7.08. The SMILES string of the molecule is O=C(NC1CCCCC1)c1cc(-n2cnnn2)ccc1F. The van der Waals surface area contributed by atoms with Crippen molar-refractivity contribution in [2.45, 2.75) is 38.1 Å². The summed E-state index contributed by atoms with van der Waals surface area (Å²) in [4.78, 5) is 12.2. The summed E-state index contributed by atoms with van der Waals surface area (Å²) in [7, 11) is 0. The summed E-state index contributed by atoms with van der Waals surface area (Å²) in [6, 6.07) is 4.39. The second-order valence-corrected chi connectivity index (χ2v) is 5.23. The number of halogens is 1. The molecule has 1 aromatic heterocycles. The van der Waals surface area contributed by atoms with Crippen LogP contribution in [0.4, 0.5) is 4.39 Å². The van der Waals surface area contributed by atoms with Crippen LogP contribution in [-0.4, -0.2) is 32.2 Å². The number of hydrogen-bond donors (Lipinski definition) is 1. The second kappa shape index (κ2) is 5.99. The molecule has 1 aliphatic rings. The van der Waals surface area contributed by atoms with Crippen molar-refractivity contribution in [3.05, 3.63) is 35.9 Å². The maximum absolute atomic E-state index is 13.9. The fraction of sp³-hybridized carbons (Fsp3) is 0.429. The van der Waals surface area contributed by atoms with Crippen LogP contribution in [-0.2, 0) is 0 Å². The molecule has 110 valence electrons. The standard InChI is InChI=1S/C14H16FN5O/c15-13-7-6-11(20-9-16-18-19-20)8-12(13)14(21)17-10-4-2-1-3-5-10/h6-10H,1-5H2,(H,17,21). The van der Waals surface area contributed by atoms with Crippen LogP contribution in [0, 0.1) is 5.82 Å². The molecular formula is C14H16FN5O. The predicted molar refractivity (Wildman–Crippen MR) is 73.5 cm³/mol. The first kappa shape index (κ1) is 13.7. The Labute approximate surface area is 121 Å². The zero-order valence-electron chi connectivity index (χ0n) is 11.5. The Hall–Kier alpha value is -2.31. The van der Waals surface area contributed by atoms with Crippen LogP contribution in [0.15, 0.2) is 24.5 Å². The van der Waals surface area contributed by atoms with Crippen molar-refractivity contribution in [3.63, 3.8) is 0 Å². The molecular weight excluding hydrogens is 273 g/mol. The van der Waals surface area contributed by atoms with Gasteiger partial charge in [0.25, 0.3) is 5.91 Å². The summed E-state index contributed by atoms with van der Waals surface area (Å²) in [6.45, 7) is 0. The van der Waals surface area contributed by atoms with Crippen LogP contribution in [0.25, 0.3) is 5.69 Å². The minimum absolute atomic E-state index is 0.0218. The molecule has 2 aromatic rings. The Morgan fingerprint density at radius 1 is 1.29 bits per heavy atom. The van der Waals surface area contributed by atoms with Crippen LogP contribution < -0.4 is 5.32 Å². The quantitative estimate of drug-likeness (QED) is 0.936. The first-order valence-corrected chi connectivity index (χ1v) is 7.08. The molecule has 0 saturated heterocycles. The van der Waals surface area contributed by atoms with E-state index in [4.69, 9.17) is 0 Å². The topological polar surface area (TPSA) is 72.7 Å². The van der Waals surface area contributed by atoms with Gasteiger partial charge in [0, 0.05) is 6.04 Å². The van der Waals surface area contributed by atoms with Gasteiger partial charge in [0.05, 0.1) is 11.3 Å². The molecule has 0 spiro atoms. The average Bonchev–Trinajstić information content (AvgIpc) is 3.03. The molecule has 0 unspecified atom stereocenters. The Balaban J connectivity index is 1.80. The Morgan fingerprint density at radius 3 is 2.81 bits per heavy atom. The van der Waals surface area contributed by atoms with Crippen LogP contribution >= 0.6 is 0 Å². The van der Waals surface area contributed by atoms with E-state index in [1.54, 1.807) is 0 Å². The van der Waals surface area contributed by atoms with Crippen molar-refractivity contribution in [1.82, 2.24) is 25.5 Å². The molecule has 6 nitrogen and oxygen atoms in total. The highest BCUT2D eigenvalue weighted by molar-refractivity contribution is 5.95. The molecule has 1 heterocycles. The predicted octanol–water partition coefficient (Wildman–Crippen LogP) is 1.86. The zero-order valence-corrected chi connectivity index (χ0v) is 11.5. The summed E-state index contributed by atoms with van der Waals surface area (Å²) >= 11 is 0. The number of tetrazole rings is 1. The Kier molecular flexibility index (Phi) is 3.89. The molecule has 1 aliphatic carbocycles. The lowest BCUT2D eigenvalue weighted by Crippen LogP contribution is -2.36. The fourth-order valence-electron chi connectivity index (χ4n) is 2.62. The highest BCUT2D eigenvalue weighted by Gasteiger charge is 2.19. The van der Waals surface area contributed by atoms with Gasteiger partial charge in [-0.3, -0.25) is 4.79 Å². The van der Waals surface area contributed by atoms with Crippen molar-refractivity contribution < 1.29 is 9.18 Å². The van der Waals surface area contributed by atoms with E-state index in [1.807, 2.05) is 0 Å². The van der Waals surface area contributed by atoms with Gasteiger partial charge in [-0.2, -0.15) is 0 Å². The number of amides is 1. The van der Waals surface area contributed by atoms with Gasteiger partial charge < -0.3 is 5.32 Å². The van der Waals surface area contributed by atoms with Crippen LogP contribution in [0.3, 0.4) is 0 Å². The third-order valence-corrected chi connectivity index (χ3v) is 3.75. The number of nitrogens with zero attached hydrogens (tertiary/aromatic N) is 4. The number of carbonyl (C=O) groups is 1. The minimum Gasteiger partial charge on any atom is -0.349 e. The lowest BCUT2D eigenvalue weighted by Gasteiger charge is -2.22. The summed E-state index contributed by atoms with van der Waals surface area (Å²) < 4.78 is 15.3. The van der Waals surface area contributed by atoms with E-state index in [9.17, 15) is 9.18 Å². The highest BCUT2D eigenvalue weighted by atomic mass is 19.1. The van der Waals surface area contributed by atoms with Crippen LogP contribution in [0.5, 0.6) is 0 Å². The van der Waals surface area contributed by atoms with E-state index in [0.717, 1.165) is 25.7 Å². The van der Waals surface area contributed by atoms with Crippen molar-refractivity contribution in [2.75, 3.05) is 0 Å². The normalized spacial score (nSPS) is 15.9. The zero-order chi connectivity index (χ0) is 14.7. The van der Waals surface area contributed by atoms with Crippen molar-refractivity contribution in [3.8, 4) is 5.69 Å². The molecule has 3 rings (SSSR count). The fourth-order valence-corrected chi connectivity index (χ4v) is 2.62. The van der Waals surface area contributed by atoms with E-state index < -0.39 is 5.82 Å². The molecule has 21 heavy (non-hydrogen) atoms. The van der Waals surface area contributed by atoms with E-state index in [0.29, 0.717) is 5.69 Å². The summed E-state index contributed by atoms with van der Waals surface area (Å²) in [6.07, 6.45) is 6.74. The van der Waals surface area contributed by atoms with Crippen molar-refractivity contribution >= 4 is 5.91 Å². The molecule has 1 saturated carbocycles. The van der Waals surface area contributed by atoms with E-state index in [2.05, 4.69) is 20.8 Å². The summed E-state index contributed by atoms with van der Waals surface area (Å²) in [5.41, 5.74) is 0.573. The van der Waals surface area contributed by atoms with Crippen LogP contribution in [0.2, 0.25) is 0 Å². The average molecular weight is 289 g/mol. The molecule has 0 aliphatic heterocycles. The highest BCUT2D eigenvalue weighted by Crippen LogP contribution is 2.19. The number of hydrogen-bond acceptors (Lipinski definition) is 4. The van der Waals surface area contributed by atoms with Gasteiger partial charge in [-0.15, -0.1) is 5.10 Å². The van der Waals surface area contributed by atoms with Crippen molar-refractivity contribution in [2.24, 2.45) is 0 Å². The van der Waals surface area contributed by atoms with Gasteiger partial charge in [-0.25, -0.2) is 9.07 Å². The number of nitrogens with one attached hydrogen (secondary N) is 1. The van der Waals surface area contributed by atoms with E-state index in [1.165, 1.54) is 35.6 Å². The Morgan fingerprint density at radius 2 is 2.10 bits per heavy atom. The van der Waals surface area contributed by atoms with Gasteiger partial charge in [0.2, 0.25) is 0 Å². The third kappa shape index (κ3) is 3.07. The lowest BCUT2D eigenvalue weighted by molar-refractivity contribution is 0.0923. The number of benzene rings is 1. The lowest BCUT2D eigenvalue weighted by atomic mass is 9.95. The minimum atomic E-state index is -0.542. The smallest absolute Gasteiger partial charge is 0.254 e. The maximum Gasteiger partial charge on any atom is 0.254 e. The maximum atomic E-state index is 13.9. The monoisotopic (exact) mass is 289 g/mol. The van der Waals surface area contributed by atoms with Gasteiger partial charge in [0.15, 0.2) is 0 Å². The van der Waals surface area contributed by atoms with Gasteiger partial charge >= 0.3 is 0 Å². The second-order valence-electron chi connectivity index (χ2n) is 5.23. The molecule has 7 heteroatoms. The third-order valence-electron chi connectivity index (χ3n) is 3.75. The number of aromatic nitrogens is 4. The Bertz CT molecular complexity index is 622. The van der Waals surface area contributed by atoms with Crippen LogP contribution in [0.1, 0.15) is 42.5 Å². The van der Waals surface area contributed by atoms with E-state index >= 15 is 0 Å². The van der Waals surface area contributed by atoms with Gasteiger partial charge in [0.1, 0.15) is 12.1 Å². The number of rotatable bonds is 3. The molecule has 1 fully saturated rings. The van der Waals surface area contributed by atoms with Gasteiger partial charge in [-0.05, 0) is 41.5 Å². The molecule has 1 aromatic carbocycles. The molecule has 0 radical (unpaired) electrons. The molecule has 0 atom stereocenters. The van der Waals surface area contributed by atoms with E-state index in [-0.39, 0.29) is 17.5 Å².